The highest BCUT2D eigenvalue weighted by Crippen LogP contribution is 2.39. The van der Waals surface area contributed by atoms with Crippen LogP contribution in [-0.4, -0.2) is 42.0 Å². The number of halogens is 1. The van der Waals surface area contributed by atoms with Gasteiger partial charge in [-0.1, -0.05) is 18.2 Å². The second kappa shape index (κ2) is 6.23. The van der Waals surface area contributed by atoms with Crippen molar-refractivity contribution in [1.82, 2.24) is 9.88 Å². The van der Waals surface area contributed by atoms with Crippen LogP contribution >= 0.6 is 0 Å². The van der Waals surface area contributed by atoms with Crippen LogP contribution in [0.4, 0.5) is 10.2 Å². The molecule has 0 unspecified atom stereocenters. The molecule has 0 spiro atoms. The molecule has 1 aromatic carbocycles. The molecule has 2 fully saturated rings. The highest BCUT2D eigenvalue weighted by atomic mass is 19.1. The van der Waals surface area contributed by atoms with E-state index in [1.54, 1.807) is 23.1 Å². The van der Waals surface area contributed by atoms with Crippen LogP contribution in [0, 0.1) is 5.82 Å². The number of hydrogen-bond donors (Lipinski definition) is 0. The number of carbonyl (C=O) groups is 1. The number of rotatable bonds is 3. The number of anilines is 1. The Morgan fingerprint density at radius 2 is 1.79 bits per heavy atom. The van der Waals surface area contributed by atoms with Crippen LogP contribution in [-0.2, 0) is 0 Å². The van der Waals surface area contributed by atoms with Crippen molar-refractivity contribution < 1.29 is 9.18 Å². The standard InChI is InChI=1S/C19H20FN3O/c20-17-4-2-1-3-16(17)19(24)23-11-9-22(10-12-23)18-8-7-15(13-21-18)14-5-6-14/h1-4,7-8,13-14H,5-6,9-12H2. The van der Waals surface area contributed by atoms with E-state index in [2.05, 4.69) is 22.0 Å². The van der Waals surface area contributed by atoms with Crippen LogP contribution in [0.5, 0.6) is 0 Å². The molecule has 0 radical (unpaired) electrons. The largest absolute Gasteiger partial charge is 0.353 e. The maximum Gasteiger partial charge on any atom is 0.256 e. The predicted octanol–water partition coefficient (Wildman–Crippen LogP) is 3.06. The number of pyridine rings is 1. The predicted molar refractivity (Wildman–Crippen MR) is 90.7 cm³/mol. The van der Waals surface area contributed by atoms with Gasteiger partial charge in [0.05, 0.1) is 5.56 Å². The fraction of sp³-hybridized carbons (Fsp3) is 0.368. The van der Waals surface area contributed by atoms with E-state index in [1.165, 1.54) is 24.5 Å². The van der Waals surface area contributed by atoms with Gasteiger partial charge in [-0.3, -0.25) is 4.79 Å². The van der Waals surface area contributed by atoms with Gasteiger partial charge in [0.15, 0.2) is 0 Å². The third kappa shape index (κ3) is 2.98. The maximum absolute atomic E-state index is 13.8. The van der Waals surface area contributed by atoms with E-state index in [1.807, 2.05) is 6.20 Å². The first-order valence-electron chi connectivity index (χ1n) is 8.47. The Morgan fingerprint density at radius 1 is 1.04 bits per heavy atom. The Hall–Kier alpha value is -2.43. The fourth-order valence-electron chi connectivity index (χ4n) is 3.19. The molecule has 1 aromatic heterocycles. The summed E-state index contributed by atoms with van der Waals surface area (Å²) in [6.45, 7) is 2.60. The summed E-state index contributed by atoms with van der Waals surface area (Å²) in [7, 11) is 0. The van der Waals surface area contributed by atoms with Crippen molar-refractivity contribution in [3.63, 3.8) is 0 Å². The van der Waals surface area contributed by atoms with Crippen LogP contribution in [0.2, 0.25) is 0 Å². The summed E-state index contributed by atoms with van der Waals surface area (Å²) in [6, 6.07) is 10.4. The fourth-order valence-corrected chi connectivity index (χ4v) is 3.19. The third-order valence-electron chi connectivity index (χ3n) is 4.81. The van der Waals surface area contributed by atoms with Gasteiger partial charge in [-0.25, -0.2) is 9.37 Å². The van der Waals surface area contributed by atoms with Crippen molar-refractivity contribution in [3.05, 3.63) is 59.5 Å². The summed E-state index contributed by atoms with van der Waals surface area (Å²) in [5, 5.41) is 0. The highest BCUT2D eigenvalue weighted by Gasteiger charge is 2.26. The van der Waals surface area contributed by atoms with Crippen molar-refractivity contribution in [1.29, 1.82) is 0 Å². The summed E-state index contributed by atoms with van der Waals surface area (Å²) >= 11 is 0. The van der Waals surface area contributed by atoms with Crippen LogP contribution in [0.3, 0.4) is 0 Å². The van der Waals surface area contributed by atoms with Crippen molar-refractivity contribution in [2.45, 2.75) is 18.8 Å². The summed E-state index contributed by atoms with van der Waals surface area (Å²) in [6.07, 6.45) is 4.53. The summed E-state index contributed by atoms with van der Waals surface area (Å²) < 4.78 is 13.8. The molecule has 0 bridgehead atoms. The minimum atomic E-state index is -0.456. The van der Waals surface area contributed by atoms with Gasteiger partial charge >= 0.3 is 0 Å². The zero-order valence-corrected chi connectivity index (χ0v) is 13.5. The lowest BCUT2D eigenvalue weighted by molar-refractivity contribution is 0.0742. The van der Waals surface area contributed by atoms with Crippen LogP contribution < -0.4 is 4.90 Å². The average Bonchev–Trinajstić information content (AvgIpc) is 3.47. The first-order valence-corrected chi connectivity index (χ1v) is 8.47. The Balaban J connectivity index is 1.39. The molecule has 24 heavy (non-hydrogen) atoms. The minimum absolute atomic E-state index is 0.151. The molecule has 5 heteroatoms. The van der Waals surface area contributed by atoms with Gasteiger partial charge in [0.2, 0.25) is 0 Å². The van der Waals surface area contributed by atoms with Gasteiger partial charge in [-0.05, 0) is 42.5 Å². The van der Waals surface area contributed by atoms with E-state index >= 15 is 0 Å². The summed E-state index contributed by atoms with van der Waals surface area (Å²) in [5.41, 5.74) is 1.48. The molecule has 4 rings (SSSR count). The normalized spacial score (nSPS) is 17.9. The lowest BCUT2D eigenvalue weighted by Gasteiger charge is -2.35. The van der Waals surface area contributed by atoms with Gasteiger partial charge in [0, 0.05) is 32.4 Å². The van der Waals surface area contributed by atoms with E-state index in [4.69, 9.17) is 0 Å². The lowest BCUT2D eigenvalue weighted by atomic mass is 10.1. The Kier molecular flexibility index (Phi) is 3.92. The zero-order chi connectivity index (χ0) is 16.5. The molecule has 2 aromatic rings. The molecule has 1 aliphatic heterocycles. The molecule has 2 heterocycles. The quantitative estimate of drug-likeness (QED) is 0.870. The molecule has 1 aliphatic carbocycles. The number of aromatic nitrogens is 1. The van der Waals surface area contributed by atoms with Gasteiger partial charge in [0.1, 0.15) is 11.6 Å². The van der Waals surface area contributed by atoms with Crippen molar-refractivity contribution in [2.75, 3.05) is 31.1 Å². The van der Waals surface area contributed by atoms with E-state index < -0.39 is 5.82 Å². The van der Waals surface area contributed by atoms with Crippen molar-refractivity contribution in [2.24, 2.45) is 0 Å². The van der Waals surface area contributed by atoms with Gasteiger partial charge in [-0.15, -0.1) is 0 Å². The Labute approximate surface area is 140 Å². The van der Waals surface area contributed by atoms with Gasteiger partial charge in [-0.2, -0.15) is 0 Å². The topological polar surface area (TPSA) is 36.4 Å². The molecule has 4 nitrogen and oxygen atoms in total. The molecule has 0 atom stereocenters. The van der Waals surface area contributed by atoms with Gasteiger partial charge in [0.25, 0.3) is 5.91 Å². The van der Waals surface area contributed by atoms with E-state index in [-0.39, 0.29) is 11.5 Å². The Morgan fingerprint density at radius 3 is 2.42 bits per heavy atom. The Bertz CT molecular complexity index is 735. The maximum atomic E-state index is 13.8. The average molecular weight is 325 g/mol. The number of hydrogen-bond acceptors (Lipinski definition) is 3. The smallest absolute Gasteiger partial charge is 0.256 e. The zero-order valence-electron chi connectivity index (χ0n) is 13.5. The second-order valence-electron chi connectivity index (χ2n) is 6.48. The van der Waals surface area contributed by atoms with Crippen LogP contribution in [0.25, 0.3) is 0 Å². The monoisotopic (exact) mass is 325 g/mol. The molecule has 1 amide bonds. The molecule has 1 saturated heterocycles. The van der Waals surface area contributed by atoms with E-state index in [9.17, 15) is 9.18 Å². The van der Waals surface area contributed by atoms with E-state index in [0.717, 1.165) is 18.9 Å². The minimum Gasteiger partial charge on any atom is -0.353 e. The number of carbonyl (C=O) groups excluding carboxylic acids is 1. The molecular formula is C19H20FN3O. The number of amides is 1. The third-order valence-corrected chi connectivity index (χ3v) is 4.81. The first-order chi connectivity index (χ1) is 11.7. The molecule has 1 saturated carbocycles. The van der Waals surface area contributed by atoms with Gasteiger partial charge < -0.3 is 9.80 Å². The second-order valence-corrected chi connectivity index (χ2v) is 6.48. The summed E-state index contributed by atoms with van der Waals surface area (Å²) in [4.78, 5) is 20.9. The SMILES string of the molecule is O=C(c1ccccc1F)N1CCN(c2ccc(C3CC3)cn2)CC1. The summed E-state index contributed by atoms with van der Waals surface area (Å²) in [5.74, 6) is 0.978. The molecule has 2 aliphatic rings. The number of benzene rings is 1. The van der Waals surface area contributed by atoms with E-state index in [0.29, 0.717) is 19.0 Å². The van der Waals surface area contributed by atoms with Crippen LogP contribution in [0.1, 0.15) is 34.7 Å². The first kappa shape index (κ1) is 15.1. The van der Waals surface area contributed by atoms with Crippen molar-refractivity contribution >= 4 is 11.7 Å². The number of nitrogens with zero attached hydrogens (tertiary/aromatic N) is 3. The van der Waals surface area contributed by atoms with Crippen LogP contribution in [0.15, 0.2) is 42.6 Å². The number of piperazine rings is 1. The molecular weight excluding hydrogens is 305 g/mol. The lowest BCUT2D eigenvalue weighted by Crippen LogP contribution is -2.49. The van der Waals surface area contributed by atoms with Crippen molar-refractivity contribution in [3.8, 4) is 0 Å². The highest BCUT2D eigenvalue weighted by molar-refractivity contribution is 5.94. The molecule has 124 valence electrons. The molecule has 0 N–H and O–H groups in total.